The molecule has 1 aromatic carbocycles. The van der Waals surface area contributed by atoms with E-state index in [1.807, 2.05) is 23.1 Å². The molecule has 3 heterocycles. The SMILES string of the molecule is CC(C)COc1ccccc1CN1CCC2(CC1)CCN(C(=O)c1ccccn1)CC2. The highest BCUT2D eigenvalue weighted by Crippen LogP contribution is 2.42. The second-order valence-electron chi connectivity index (χ2n) is 9.60. The maximum Gasteiger partial charge on any atom is 0.272 e. The lowest BCUT2D eigenvalue weighted by Crippen LogP contribution is -2.48. The van der Waals surface area contributed by atoms with Crippen molar-refractivity contribution >= 4 is 5.91 Å². The van der Waals surface area contributed by atoms with Crippen LogP contribution in [-0.4, -0.2) is 53.5 Å². The van der Waals surface area contributed by atoms with E-state index >= 15 is 0 Å². The van der Waals surface area contributed by atoms with Crippen LogP contribution in [0.4, 0.5) is 0 Å². The van der Waals surface area contributed by atoms with E-state index in [-0.39, 0.29) is 5.91 Å². The first-order chi connectivity index (χ1) is 15.0. The summed E-state index contributed by atoms with van der Waals surface area (Å²) >= 11 is 0. The number of rotatable bonds is 6. The summed E-state index contributed by atoms with van der Waals surface area (Å²) in [5, 5.41) is 0. The summed E-state index contributed by atoms with van der Waals surface area (Å²) in [6, 6.07) is 14.0. The van der Waals surface area contributed by atoms with E-state index < -0.39 is 0 Å². The fraction of sp³-hybridized carbons (Fsp3) is 0.538. The average molecular weight is 422 g/mol. The summed E-state index contributed by atoms with van der Waals surface area (Å²) in [5.41, 5.74) is 2.24. The number of nitrogens with zero attached hydrogens (tertiary/aromatic N) is 3. The van der Waals surface area contributed by atoms with Gasteiger partial charge < -0.3 is 9.64 Å². The number of ether oxygens (including phenoxy) is 1. The fourth-order valence-electron chi connectivity index (χ4n) is 4.79. The van der Waals surface area contributed by atoms with Gasteiger partial charge in [0.1, 0.15) is 11.4 Å². The number of carbonyl (C=O) groups excluding carboxylic acids is 1. The minimum absolute atomic E-state index is 0.0749. The molecule has 2 fully saturated rings. The molecule has 0 aliphatic carbocycles. The Balaban J connectivity index is 1.28. The first kappa shape index (κ1) is 21.8. The van der Waals surface area contributed by atoms with E-state index in [1.54, 1.807) is 6.20 Å². The lowest BCUT2D eigenvalue weighted by atomic mass is 9.71. The molecular formula is C26H35N3O2. The van der Waals surface area contributed by atoms with Crippen LogP contribution in [0.3, 0.4) is 0 Å². The van der Waals surface area contributed by atoms with Crippen LogP contribution in [0.25, 0.3) is 0 Å². The van der Waals surface area contributed by atoms with Crippen LogP contribution in [-0.2, 0) is 6.54 Å². The minimum Gasteiger partial charge on any atom is -0.493 e. The zero-order valence-electron chi connectivity index (χ0n) is 18.9. The second kappa shape index (κ2) is 9.82. The molecule has 0 N–H and O–H groups in total. The van der Waals surface area contributed by atoms with Crippen molar-refractivity contribution in [2.45, 2.75) is 46.1 Å². The molecule has 0 saturated carbocycles. The van der Waals surface area contributed by atoms with E-state index in [0.29, 0.717) is 17.0 Å². The number of amides is 1. The summed E-state index contributed by atoms with van der Waals surface area (Å²) in [5.74, 6) is 1.63. The second-order valence-corrected chi connectivity index (χ2v) is 9.60. The highest BCUT2D eigenvalue weighted by Gasteiger charge is 2.38. The summed E-state index contributed by atoms with van der Waals surface area (Å²) in [6.07, 6.45) is 6.34. The fourth-order valence-corrected chi connectivity index (χ4v) is 4.79. The number of hydrogen-bond acceptors (Lipinski definition) is 4. The third kappa shape index (κ3) is 5.45. The van der Waals surface area contributed by atoms with Crippen molar-refractivity contribution in [3.05, 3.63) is 59.9 Å². The Morgan fingerprint density at radius 3 is 2.35 bits per heavy atom. The standard InChI is InChI=1S/C26H35N3O2/c1-21(2)20-31-24-9-4-3-7-22(24)19-28-15-10-26(11-16-28)12-17-29(18-13-26)25(30)23-8-5-6-14-27-23/h3-9,14,21H,10-13,15-20H2,1-2H3. The van der Waals surface area contributed by atoms with Gasteiger partial charge in [-0.05, 0) is 68.3 Å². The number of aromatic nitrogens is 1. The van der Waals surface area contributed by atoms with Gasteiger partial charge in [-0.15, -0.1) is 0 Å². The maximum atomic E-state index is 12.7. The molecule has 5 nitrogen and oxygen atoms in total. The lowest BCUT2D eigenvalue weighted by molar-refractivity contribution is 0.0280. The van der Waals surface area contributed by atoms with Gasteiger partial charge in [0.2, 0.25) is 0 Å². The van der Waals surface area contributed by atoms with E-state index in [1.165, 1.54) is 18.4 Å². The van der Waals surface area contributed by atoms with Crippen molar-refractivity contribution in [2.75, 3.05) is 32.8 Å². The van der Waals surface area contributed by atoms with Crippen LogP contribution < -0.4 is 4.74 Å². The predicted molar refractivity (Wildman–Crippen MR) is 123 cm³/mol. The largest absolute Gasteiger partial charge is 0.493 e. The van der Waals surface area contributed by atoms with E-state index in [0.717, 1.165) is 57.9 Å². The molecule has 5 heteroatoms. The molecule has 4 rings (SSSR count). The summed E-state index contributed by atoms with van der Waals surface area (Å²) < 4.78 is 6.05. The van der Waals surface area contributed by atoms with Crippen LogP contribution in [0.2, 0.25) is 0 Å². The van der Waals surface area contributed by atoms with E-state index in [4.69, 9.17) is 4.74 Å². The van der Waals surface area contributed by atoms with Crippen molar-refractivity contribution in [1.29, 1.82) is 0 Å². The van der Waals surface area contributed by atoms with Crippen molar-refractivity contribution in [3.8, 4) is 5.75 Å². The molecule has 2 aliphatic rings. The molecular weight excluding hydrogens is 386 g/mol. The highest BCUT2D eigenvalue weighted by molar-refractivity contribution is 5.92. The molecule has 2 saturated heterocycles. The Kier molecular flexibility index (Phi) is 6.91. The Bertz CT molecular complexity index is 850. The first-order valence-electron chi connectivity index (χ1n) is 11.7. The first-order valence-corrected chi connectivity index (χ1v) is 11.7. The van der Waals surface area contributed by atoms with Gasteiger partial charge in [-0.1, -0.05) is 38.1 Å². The molecule has 2 aromatic rings. The number of hydrogen-bond donors (Lipinski definition) is 0. The molecule has 2 aliphatic heterocycles. The number of likely N-dealkylation sites (tertiary alicyclic amines) is 2. The van der Waals surface area contributed by atoms with Gasteiger partial charge in [0.15, 0.2) is 0 Å². The predicted octanol–water partition coefficient (Wildman–Crippen LogP) is 4.63. The van der Waals surface area contributed by atoms with Crippen LogP contribution in [0.1, 0.15) is 55.6 Å². The van der Waals surface area contributed by atoms with Gasteiger partial charge in [-0.25, -0.2) is 0 Å². The zero-order valence-corrected chi connectivity index (χ0v) is 18.9. The number of piperidine rings is 2. The monoisotopic (exact) mass is 421 g/mol. The Labute approximate surface area is 186 Å². The molecule has 1 spiro atoms. The molecule has 31 heavy (non-hydrogen) atoms. The van der Waals surface area contributed by atoms with Gasteiger partial charge in [-0.3, -0.25) is 14.7 Å². The molecule has 0 atom stereocenters. The van der Waals surface area contributed by atoms with Crippen LogP contribution >= 0.6 is 0 Å². The quantitative estimate of drug-likeness (QED) is 0.682. The van der Waals surface area contributed by atoms with Crippen LogP contribution in [0, 0.1) is 11.3 Å². The van der Waals surface area contributed by atoms with E-state index in [9.17, 15) is 4.79 Å². The number of pyridine rings is 1. The van der Waals surface area contributed by atoms with Gasteiger partial charge in [0.25, 0.3) is 5.91 Å². The van der Waals surface area contributed by atoms with Gasteiger partial charge in [0, 0.05) is 31.4 Å². The molecule has 0 unspecified atom stereocenters. The number of para-hydroxylation sites is 1. The molecule has 166 valence electrons. The van der Waals surface area contributed by atoms with Crippen molar-refractivity contribution in [1.82, 2.24) is 14.8 Å². The Morgan fingerprint density at radius 1 is 1.00 bits per heavy atom. The summed E-state index contributed by atoms with van der Waals surface area (Å²) in [4.78, 5) is 21.5. The number of carbonyl (C=O) groups is 1. The Morgan fingerprint density at radius 2 is 1.68 bits per heavy atom. The van der Waals surface area contributed by atoms with Crippen molar-refractivity contribution in [3.63, 3.8) is 0 Å². The van der Waals surface area contributed by atoms with Crippen LogP contribution in [0.15, 0.2) is 48.7 Å². The normalized spacial score (nSPS) is 19.0. The molecule has 0 bridgehead atoms. The summed E-state index contributed by atoms with van der Waals surface area (Å²) in [6.45, 7) is 10.0. The lowest BCUT2D eigenvalue weighted by Gasteiger charge is -2.47. The Hall–Kier alpha value is -2.40. The number of benzene rings is 1. The smallest absolute Gasteiger partial charge is 0.272 e. The highest BCUT2D eigenvalue weighted by atomic mass is 16.5. The molecule has 1 amide bonds. The van der Waals surface area contributed by atoms with Gasteiger partial charge in [-0.2, -0.15) is 0 Å². The van der Waals surface area contributed by atoms with Crippen molar-refractivity contribution in [2.24, 2.45) is 11.3 Å². The molecule has 1 aromatic heterocycles. The average Bonchev–Trinajstić information content (AvgIpc) is 2.81. The van der Waals surface area contributed by atoms with Crippen LogP contribution in [0.5, 0.6) is 5.75 Å². The zero-order chi connectivity index (χ0) is 21.7. The van der Waals surface area contributed by atoms with Gasteiger partial charge in [0.05, 0.1) is 6.61 Å². The topological polar surface area (TPSA) is 45.7 Å². The third-order valence-electron chi connectivity index (χ3n) is 6.85. The molecule has 0 radical (unpaired) electrons. The van der Waals surface area contributed by atoms with Gasteiger partial charge >= 0.3 is 0 Å². The summed E-state index contributed by atoms with van der Waals surface area (Å²) in [7, 11) is 0. The van der Waals surface area contributed by atoms with Crippen molar-refractivity contribution < 1.29 is 9.53 Å². The maximum absolute atomic E-state index is 12.7. The van der Waals surface area contributed by atoms with E-state index in [2.05, 4.69) is 48.0 Å². The minimum atomic E-state index is 0.0749. The third-order valence-corrected chi connectivity index (χ3v) is 6.85.